The minimum Gasteiger partial charge on any atom is -0.456 e. The van der Waals surface area contributed by atoms with Crippen LogP contribution < -0.4 is 10.6 Å². The second kappa shape index (κ2) is 13.7. The molecule has 19 heteroatoms. The number of carbonyl (C=O) groups excluding carboxylic acids is 2. The van der Waals surface area contributed by atoms with Crippen LogP contribution in [0.25, 0.3) is 0 Å². The van der Waals surface area contributed by atoms with Gasteiger partial charge in [0.25, 0.3) is 0 Å². The molecule has 10 aliphatic rings. The average Bonchev–Trinajstić information content (AvgIpc) is 3.48. The zero-order chi connectivity index (χ0) is 40.2. The van der Waals surface area contributed by atoms with E-state index >= 15 is 0 Å². The maximum absolute atomic E-state index is 14.5. The molecule has 0 aromatic heterocycles. The SMILES string of the molecule is C[C@@H]1CC[C@H]2C(CNC(=O)CN(C)CC(=O)NCC3=C(C(F)(F)F)O[C@@H]4OC5(C)CC[C@H]6[C@H](C)CC[C@@H]3[C@@]46OO5)=C(C(F)(F)F)O[C@@H]3OC4(C)CC[C@@H]1[C@]32OO4. The number of nitrogens with zero attached hydrogens (tertiary/aromatic N) is 1. The number of halogens is 6. The summed E-state index contributed by atoms with van der Waals surface area (Å²) in [5.41, 5.74) is -3.06. The van der Waals surface area contributed by atoms with Gasteiger partial charge in [-0.1, -0.05) is 13.8 Å². The van der Waals surface area contributed by atoms with Crippen LogP contribution in [0.15, 0.2) is 22.7 Å². The molecule has 12 atom stereocenters. The number of hydrogen-bond donors (Lipinski definition) is 2. The van der Waals surface area contributed by atoms with E-state index in [1.165, 1.54) is 11.9 Å². The van der Waals surface area contributed by atoms with E-state index in [2.05, 4.69) is 10.6 Å². The number of nitrogens with one attached hydrogen (secondary N) is 2. The average molecular weight is 810 g/mol. The van der Waals surface area contributed by atoms with Crippen molar-refractivity contribution in [1.82, 2.24) is 15.5 Å². The highest BCUT2D eigenvalue weighted by atomic mass is 19.4. The molecule has 4 bridgehead atoms. The number of amides is 2. The van der Waals surface area contributed by atoms with Crippen molar-refractivity contribution < 1.29 is 74.4 Å². The van der Waals surface area contributed by atoms with Gasteiger partial charge in [-0.25, -0.2) is 19.6 Å². The Morgan fingerprint density at radius 2 is 1.05 bits per heavy atom. The van der Waals surface area contributed by atoms with Crippen molar-refractivity contribution in [2.45, 2.75) is 127 Å². The Bertz CT molecular complexity index is 1560. The number of alkyl halides is 6. The highest BCUT2D eigenvalue weighted by Crippen LogP contribution is 2.63. The topological polar surface area (TPSA) is 135 Å². The van der Waals surface area contributed by atoms with Gasteiger partial charge in [0.2, 0.25) is 47.5 Å². The highest BCUT2D eigenvalue weighted by molar-refractivity contribution is 5.81. The van der Waals surface area contributed by atoms with Gasteiger partial charge in [-0.2, -0.15) is 26.3 Å². The number of ether oxygens (including phenoxy) is 4. The monoisotopic (exact) mass is 809 g/mol. The number of likely N-dealkylation sites (N-methyl/N-ethyl adjacent to an activating group) is 1. The van der Waals surface area contributed by atoms with Crippen LogP contribution >= 0.6 is 0 Å². The van der Waals surface area contributed by atoms with Crippen molar-refractivity contribution in [1.29, 1.82) is 0 Å². The summed E-state index contributed by atoms with van der Waals surface area (Å²) in [5.74, 6) is -8.35. The molecule has 8 aliphatic heterocycles. The molecule has 2 unspecified atom stereocenters. The van der Waals surface area contributed by atoms with Gasteiger partial charge in [0.15, 0.2) is 11.2 Å². The molecular weight excluding hydrogens is 760 g/mol. The van der Waals surface area contributed by atoms with Crippen molar-refractivity contribution in [3.8, 4) is 0 Å². The molecule has 56 heavy (non-hydrogen) atoms. The van der Waals surface area contributed by atoms with Crippen LogP contribution in [-0.2, 0) is 48.1 Å². The normalized spacial score (nSPS) is 42.9. The largest absolute Gasteiger partial charge is 0.456 e. The Hall–Kier alpha value is -2.68. The summed E-state index contributed by atoms with van der Waals surface area (Å²) in [6.07, 6.45) is -8.68. The Morgan fingerprint density at radius 3 is 1.43 bits per heavy atom. The van der Waals surface area contributed by atoms with E-state index in [-0.39, 0.29) is 34.8 Å². The maximum atomic E-state index is 14.5. The maximum Gasteiger partial charge on any atom is 0.449 e. The molecule has 2 aliphatic carbocycles. The zero-order valence-electron chi connectivity index (χ0n) is 31.9. The molecule has 8 fully saturated rings. The third-order valence-electron chi connectivity index (χ3n) is 13.6. The van der Waals surface area contributed by atoms with Crippen LogP contribution in [0.3, 0.4) is 0 Å². The standard InChI is InChI=1S/C37H49F6N3O10/c1-18-6-8-24-20(28(36(38,39)40)49-30-34(24)22(18)10-12-32(3,51-30)53-55-34)14-44-26(47)16-46(5)17-27(48)45-15-21-25-9-7-19(2)23-11-13-33(4)52-31(35(23,25)56-54-33)50-29(21)37(41,42)43/h18-19,22-25,30-31H,6-17H2,1-5H3,(H,44,47)(H,45,48)/t18-,19-,22+,23+,24+,25+,30-,31-,32?,33?,34-,35-/m1/s1. The predicted molar refractivity (Wildman–Crippen MR) is 177 cm³/mol. The Labute approximate surface area is 319 Å². The molecular formula is C37H49F6N3O10. The summed E-state index contributed by atoms with van der Waals surface area (Å²) in [6, 6.07) is 0. The van der Waals surface area contributed by atoms with Gasteiger partial charge >= 0.3 is 12.4 Å². The van der Waals surface area contributed by atoms with Crippen LogP contribution in [-0.4, -0.2) is 97.6 Å². The lowest BCUT2D eigenvalue weighted by molar-refractivity contribution is -0.557. The lowest BCUT2D eigenvalue weighted by Crippen LogP contribution is -2.67. The summed E-state index contributed by atoms with van der Waals surface area (Å²) in [7, 11) is 1.43. The van der Waals surface area contributed by atoms with Crippen molar-refractivity contribution in [3.05, 3.63) is 22.7 Å². The fourth-order valence-electron chi connectivity index (χ4n) is 10.9. The molecule has 13 nitrogen and oxygen atoms in total. The minimum absolute atomic E-state index is 0.0849. The van der Waals surface area contributed by atoms with Gasteiger partial charge in [-0.3, -0.25) is 14.5 Å². The first-order valence-corrected chi connectivity index (χ1v) is 19.4. The molecule has 2 spiro atoms. The van der Waals surface area contributed by atoms with Gasteiger partial charge in [0.05, 0.1) is 13.1 Å². The number of hydrogen-bond acceptors (Lipinski definition) is 11. The first-order valence-electron chi connectivity index (χ1n) is 19.4. The third kappa shape index (κ3) is 6.51. The Balaban J connectivity index is 0.933. The van der Waals surface area contributed by atoms with E-state index in [1.54, 1.807) is 13.8 Å². The van der Waals surface area contributed by atoms with Crippen molar-refractivity contribution >= 4 is 11.8 Å². The molecule has 314 valence electrons. The minimum atomic E-state index is -4.89. The van der Waals surface area contributed by atoms with E-state index in [0.717, 1.165) is 0 Å². The van der Waals surface area contributed by atoms with Crippen LogP contribution in [0.1, 0.15) is 79.1 Å². The van der Waals surface area contributed by atoms with E-state index in [9.17, 15) is 35.9 Å². The van der Waals surface area contributed by atoms with E-state index in [4.69, 9.17) is 38.5 Å². The fraction of sp³-hybridized carbons (Fsp3) is 0.838. The molecule has 2 N–H and O–H groups in total. The summed E-state index contributed by atoms with van der Waals surface area (Å²) in [4.78, 5) is 50.9. The number of fused-ring (bicyclic) bond motifs is 4. The Morgan fingerprint density at radius 1 is 0.661 bits per heavy atom. The first kappa shape index (κ1) is 40.1. The molecule has 6 saturated heterocycles. The molecule has 2 saturated carbocycles. The second-order valence-electron chi connectivity index (χ2n) is 17.4. The molecule has 0 aromatic rings. The number of rotatable bonds is 8. The lowest BCUT2D eigenvalue weighted by atomic mass is 9.59. The summed E-state index contributed by atoms with van der Waals surface area (Å²) >= 11 is 0. The van der Waals surface area contributed by atoms with Gasteiger partial charge in [0, 0.05) is 60.7 Å². The highest BCUT2D eigenvalue weighted by Gasteiger charge is 2.72. The van der Waals surface area contributed by atoms with Crippen molar-refractivity contribution in [3.63, 3.8) is 0 Å². The molecule has 0 radical (unpaired) electrons. The summed E-state index contributed by atoms with van der Waals surface area (Å²) < 4.78 is 110. The second-order valence-corrected chi connectivity index (χ2v) is 17.4. The first-order chi connectivity index (χ1) is 26.2. The predicted octanol–water partition coefficient (Wildman–Crippen LogP) is 5.28. The lowest BCUT2D eigenvalue weighted by Gasteiger charge is -2.57. The summed E-state index contributed by atoms with van der Waals surface area (Å²) in [5, 5.41) is 5.11. The molecule has 8 heterocycles. The van der Waals surface area contributed by atoms with Crippen molar-refractivity contribution in [2.24, 2.45) is 35.5 Å². The van der Waals surface area contributed by atoms with Crippen LogP contribution in [0, 0.1) is 35.5 Å². The quantitative estimate of drug-likeness (QED) is 0.245. The van der Waals surface area contributed by atoms with Gasteiger partial charge in [-0.15, -0.1) is 0 Å². The number of carbonyl (C=O) groups is 2. The van der Waals surface area contributed by atoms with E-state index < -0.39 is 109 Å². The molecule has 0 aromatic carbocycles. The van der Waals surface area contributed by atoms with Crippen molar-refractivity contribution in [2.75, 3.05) is 33.2 Å². The van der Waals surface area contributed by atoms with Gasteiger partial charge < -0.3 is 29.6 Å². The van der Waals surface area contributed by atoms with Gasteiger partial charge in [0.1, 0.15) is 0 Å². The van der Waals surface area contributed by atoms with Gasteiger partial charge in [-0.05, 0) is 71.3 Å². The number of allylic oxidation sites excluding steroid dienone is 2. The molecule has 10 rings (SSSR count). The molecule has 2 amide bonds. The smallest absolute Gasteiger partial charge is 0.449 e. The Kier molecular flexibility index (Phi) is 9.81. The third-order valence-corrected chi connectivity index (χ3v) is 13.6. The fourth-order valence-corrected chi connectivity index (χ4v) is 10.9. The van der Waals surface area contributed by atoms with Crippen LogP contribution in [0.4, 0.5) is 26.3 Å². The summed E-state index contributed by atoms with van der Waals surface area (Å²) in [6.45, 7) is 5.40. The van der Waals surface area contributed by atoms with Crippen LogP contribution in [0.5, 0.6) is 0 Å². The zero-order valence-corrected chi connectivity index (χ0v) is 31.9. The van der Waals surface area contributed by atoms with E-state index in [1.807, 2.05) is 13.8 Å². The van der Waals surface area contributed by atoms with Crippen LogP contribution in [0.2, 0.25) is 0 Å². The van der Waals surface area contributed by atoms with E-state index in [0.29, 0.717) is 51.4 Å².